The quantitative estimate of drug-likeness (QED) is 0.806. The molecule has 1 atom stereocenters. The molecule has 0 aliphatic heterocycles. The van der Waals surface area contributed by atoms with E-state index in [1.54, 1.807) is 18.2 Å². The molecule has 1 aliphatic rings. The molecule has 0 saturated heterocycles. The van der Waals surface area contributed by atoms with E-state index in [1.807, 2.05) is 0 Å². The van der Waals surface area contributed by atoms with Crippen molar-refractivity contribution >= 4 is 23.2 Å². The Morgan fingerprint density at radius 3 is 2.75 bits per heavy atom. The molecule has 1 aliphatic carbocycles. The minimum atomic E-state index is -0.561. The van der Waals surface area contributed by atoms with Gasteiger partial charge in [0.05, 0.1) is 5.02 Å². The van der Waals surface area contributed by atoms with Crippen molar-refractivity contribution in [3.05, 3.63) is 28.2 Å². The molecule has 0 radical (unpaired) electrons. The van der Waals surface area contributed by atoms with Gasteiger partial charge in [0.1, 0.15) is 18.5 Å². The summed E-state index contributed by atoms with van der Waals surface area (Å²) in [6, 6.07) is 5.05. The third-order valence-electron chi connectivity index (χ3n) is 4.02. The maximum Gasteiger partial charge on any atom is 0.139 e. The second-order valence-corrected chi connectivity index (χ2v) is 6.25. The zero-order chi connectivity index (χ0) is 14.6. The molecule has 1 saturated carbocycles. The van der Waals surface area contributed by atoms with Gasteiger partial charge >= 0.3 is 0 Å². The number of aliphatic hydroxyl groups excluding tert-OH is 1. The molecule has 1 aromatic rings. The first-order chi connectivity index (χ1) is 9.54. The van der Waals surface area contributed by atoms with E-state index in [-0.39, 0.29) is 12.1 Å². The second kappa shape index (κ2) is 6.99. The number of halogens is 2. The Balaban J connectivity index is 1.77. The molecule has 1 unspecified atom stereocenters. The third-order valence-corrected chi connectivity index (χ3v) is 4.57. The number of hydrogen-bond acceptors (Lipinski definition) is 3. The topological polar surface area (TPSA) is 41.5 Å². The van der Waals surface area contributed by atoms with Crippen LogP contribution in [0.3, 0.4) is 0 Å². The van der Waals surface area contributed by atoms with Gasteiger partial charge in [-0.2, -0.15) is 0 Å². The van der Waals surface area contributed by atoms with Gasteiger partial charge in [-0.15, -0.1) is 0 Å². The predicted octanol–water partition coefficient (Wildman–Crippen LogP) is 3.66. The van der Waals surface area contributed by atoms with Gasteiger partial charge in [0, 0.05) is 23.2 Å². The molecule has 112 valence electrons. The molecule has 20 heavy (non-hydrogen) atoms. The molecular formula is C15H21Cl2NO2. The molecule has 0 spiro atoms. The van der Waals surface area contributed by atoms with Crippen molar-refractivity contribution in [2.75, 3.05) is 13.2 Å². The van der Waals surface area contributed by atoms with Crippen LogP contribution in [0.15, 0.2) is 18.2 Å². The molecule has 1 aromatic carbocycles. The highest BCUT2D eigenvalue weighted by Gasteiger charge is 2.34. The van der Waals surface area contributed by atoms with Crippen molar-refractivity contribution in [3.63, 3.8) is 0 Å². The zero-order valence-corrected chi connectivity index (χ0v) is 13.2. The molecule has 3 nitrogen and oxygen atoms in total. The van der Waals surface area contributed by atoms with Crippen LogP contribution >= 0.6 is 23.2 Å². The van der Waals surface area contributed by atoms with Crippen LogP contribution < -0.4 is 10.1 Å². The van der Waals surface area contributed by atoms with Gasteiger partial charge in [-0.25, -0.2) is 0 Å². The van der Waals surface area contributed by atoms with Crippen molar-refractivity contribution in [3.8, 4) is 5.75 Å². The van der Waals surface area contributed by atoms with E-state index < -0.39 is 6.10 Å². The Kier molecular flexibility index (Phi) is 5.56. The van der Waals surface area contributed by atoms with Gasteiger partial charge in [0.15, 0.2) is 0 Å². The summed E-state index contributed by atoms with van der Waals surface area (Å²) in [7, 11) is 0. The van der Waals surface area contributed by atoms with Crippen LogP contribution in [-0.2, 0) is 0 Å². The standard InChI is InChI=1S/C15H21Cl2NO2/c1-2-15(6-3-7-15)18-9-12(19)10-20-14-8-11(16)4-5-13(14)17/h4-5,8,12,18-19H,2-3,6-7,9-10H2,1H3. The van der Waals surface area contributed by atoms with Crippen LogP contribution in [0.2, 0.25) is 10.0 Å². The largest absolute Gasteiger partial charge is 0.489 e. The highest BCUT2D eigenvalue weighted by Crippen LogP contribution is 2.34. The Morgan fingerprint density at radius 1 is 1.40 bits per heavy atom. The van der Waals surface area contributed by atoms with Crippen LogP contribution in [0.4, 0.5) is 0 Å². The van der Waals surface area contributed by atoms with Gasteiger partial charge < -0.3 is 15.2 Å². The van der Waals surface area contributed by atoms with E-state index in [0.717, 1.165) is 6.42 Å². The number of hydrogen-bond donors (Lipinski definition) is 2. The third kappa shape index (κ3) is 4.01. The van der Waals surface area contributed by atoms with Gasteiger partial charge in [-0.1, -0.05) is 30.1 Å². The Hall–Kier alpha value is -0.480. The highest BCUT2D eigenvalue weighted by molar-refractivity contribution is 6.34. The second-order valence-electron chi connectivity index (χ2n) is 5.41. The minimum Gasteiger partial charge on any atom is -0.489 e. The summed E-state index contributed by atoms with van der Waals surface area (Å²) in [5.41, 5.74) is 0.231. The van der Waals surface area contributed by atoms with E-state index >= 15 is 0 Å². The van der Waals surface area contributed by atoms with E-state index in [0.29, 0.717) is 22.3 Å². The zero-order valence-electron chi connectivity index (χ0n) is 11.7. The van der Waals surface area contributed by atoms with Crippen molar-refractivity contribution in [2.45, 2.75) is 44.2 Å². The summed E-state index contributed by atoms with van der Waals surface area (Å²) < 4.78 is 5.52. The summed E-state index contributed by atoms with van der Waals surface area (Å²) in [5, 5.41) is 14.5. The summed E-state index contributed by atoms with van der Waals surface area (Å²) in [6.07, 6.45) is 4.19. The Bertz CT molecular complexity index is 444. The predicted molar refractivity (Wildman–Crippen MR) is 82.8 cm³/mol. The van der Waals surface area contributed by atoms with Crippen molar-refractivity contribution < 1.29 is 9.84 Å². The van der Waals surface area contributed by atoms with Crippen LogP contribution in [0.25, 0.3) is 0 Å². The molecule has 2 rings (SSSR count). The lowest BCUT2D eigenvalue weighted by Crippen LogP contribution is -2.53. The number of aliphatic hydroxyl groups is 1. The van der Waals surface area contributed by atoms with Crippen molar-refractivity contribution in [1.29, 1.82) is 0 Å². The first-order valence-corrected chi connectivity index (χ1v) is 7.81. The fraction of sp³-hybridized carbons (Fsp3) is 0.600. The monoisotopic (exact) mass is 317 g/mol. The molecule has 1 fully saturated rings. The fourth-order valence-electron chi connectivity index (χ4n) is 2.43. The van der Waals surface area contributed by atoms with Gasteiger partial charge in [-0.05, 0) is 37.8 Å². The first-order valence-electron chi connectivity index (χ1n) is 7.05. The lowest BCUT2D eigenvalue weighted by Gasteiger charge is -2.42. The van der Waals surface area contributed by atoms with E-state index in [1.165, 1.54) is 19.3 Å². The van der Waals surface area contributed by atoms with E-state index in [4.69, 9.17) is 27.9 Å². The molecule has 0 heterocycles. The summed E-state index contributed by atoms with van der Waals surface area (Å²) >= 11 is 11.9. The van der Waals surface area contributed by atoms with Gasteiger partial charge in [-0.3, -0.25) is 0 Å². The molecule has 2 N–H and O–H groups in total. The van der Waals surface area contributed by atoms with Crippen molar-refractivity contribution in [1.82, 2.24) is 5.32 Å². The number of β-amino-alcohol motifs (C(OH)–C–C–N with tert-alkyl or cyclic N) is 1. The molecule has 0 aromatic heterocycles. The lowest BCUT2D eigenvalue weighted by molar-refractivity contribution is 0.0812. The smallest absolute Gasteiger partial charge is 0.139 e. The fourth-order valence-corrected chi connectivity index (χ4v) is 2.76. The van der Waals surface area contributed by atoms with Crippen LogP contribution in [0, 0.1) is 0 Å². The van der Waals surface area contributed by atoms with E-state index in [2.05, 4.69) is 12.2 Å². The average Bonchev–Trinajstić information content (AvgIpc) is 2.39. The molecule has 5 heteroatoms. The molecule has 0 bridgehead atoms. The summed E-state index contributed by atoms with van der Waals surface area (Å²) in [4.78, 5) is 0. The lowest BCUT2D eigenvalue weighted by atomic mass is 9.75. The maximum absolute atomic E-state index is 9.99. The summed E-state index contributed by atoms with van der Waals surface area (Å²) in [6.45, 7) is 2.92. The number of nitrogens with one attached hydrogen (secondary N) is 1. The highest BCUT2D eigenvalue weighted by atomic mass is 35.5. The normalized spacial score (nSPS) is 18.4. The Morgan fingerprint density at radius 2 is 2.15 bits per heavy atom. The number of ether oxygens (including phenoxy) is 1. The number of rotatable bonds is 7. The SMILES string of the molecule is CCC1(NCC(O)COc2cc(Cl)ccc2Cl)CCC1. The first kappa shape index (κ1) is 15.9. The van der Waals surface area contributed by atoms with Gasteiger partial charge in [0.25, 0.3) is 0 Å². The summed E-state index contributed by atoms with van der Waals surface area (Å²) in [5.74, 6) is 0.507. The number of benzene rings is 1. The molecular weight excluding hydrogens is 297 g/mol. The average molecular weight is 318 g/mol. The maximum atomic E-state index is 9.99. The van der Waals surface area contributed by atoms with Crippen LogP contribution in [0.1, 0.15) is 32.6 Å². The van der Waals surface area contributed by atoms with E-state index in [9.17, 15) is 5.11 Å². The van der Waals surface area contributed by atoms with Crippen LogP contribution in [-0.4, -0.2) is 29.9 Å². The van der Waals surface area contributed by atoms with Crippen LogP contribution in [0.5, 0.6) is 5.75 Å². The van der Waals surface area contributed by atoms with Gasteiger partial charge in [0.2, 0.25) is 0 Å². The minimum absolute atomic E-state index is 0.201. The Labute approximate surface area is 130 Å². The van der Waals surface area contributed by atoms with Crippen molar-refractivity contribution in [2.24, 2.45) is 0 Å². The molecule has 0 amide bonds.